The predicted octanol–water partition coefficient (Wildman–Crippen LogP) is 2.10. The third kappa shape index (κ3) is 6.09. The van der Waals surface area contributed by atoms with Crippen LogP contribution in [0.2, 0.25) is 0 Å². The first kappa shape index (κ1) is 23.8. The van der Waals surface area contributed by atoms with E-state index in [-0.39, 0.29) is 16.6 Å². The minimum atomic E-state index is -3.73. The van der Waals surface area contributed by atoms with Crippen molar-refractivity contribution in [2.75, 3.05) is 47.1 Å². The van der Waals surface area contributed by atoms with E-state index in [4.69, 9.17) is 14.2 Å². The highest BCUT2D eigenvalue weighted by Crippen LogP contribution is 2.28. The number of ether oxygens (including phenoxy) is 3. The van der Waals surface area contributed by atoms with Gasteiger partial charge >= 0.3 is 0 Å². The van der Waals surface area contributed by atoms with E-state index in [9.17, 15) is 13.2 Å². The lowest BCUT2D eigenvalue weighted by atomic mass is 10.1. The number of carbonyl (C=O) groups excluding carboxylic acids is 1. The quantitative estimate of drug-likeness (QED) is 0.576. The Morgan fingerprint density at radius 3 is 2.47 bits per heavy atom. The van der Waals surface area contributed by atoms with Gasteiger partial charge in [0, 0.05) is 25.7 Å². The summed E-state index contributed by atoms with van der Waals surface area (Å²) in [6.07, 6.45) is 3.66. The van der Waals surface area contributed by atoms with Crippen molar-refractivity contribution in [2.24, 2.45) is 0 Å². The van der Waals surface area contributed by atoms with E-state index < -0.39 is 10.0 Å². The van der Waals surface area contributed by atoms with Crippen molar-refractivity contribution in [1.82, 2.24) is 9.62 Å². The molecule has 0 bridgehead atoms. The van der Waals surface area contributed by atoms with Gasteiger partial charge in [-0.1, -0.05) is 18.2 Å². The van der Waals surface area contributed by atoms with Gasteiger partial charge in [0.05, 0.1) is 27.4 Å². The molecule has 1 N–H and O–H groups in total. The number of hydrogen-bond donors (Lipinski definition) is 1. The van der Waals surface area contributed by atoms with Gasteiger partial charge in [0.1, 0.15) is 16.4 Å². The zero-order chi connectivity index (χ0) is 23.0. The largest absolute Gasteiger partial charge is 0.497 e. The Labute approximate surface area is 188 Å². The Morgan fingerprint density at radius 2 is 1.81 bits per heavy atom. The SMILES string of the molecule is COc1ccc(CCNC(=O)/C=C/c2ccc(OC)c(S(=O)(=O)N3CCOCC3)c2)cc1. The summed E-state index contributed by atoms with van der Waals surface area (Å²) in [5.74, 6) is 0.791. The Bertz CT molecular complexity index is 1040. The van der Waals surface area contributed by atoms with Crippen molar-refractivity contribution >= 4 is 22.0 Å². The van der Waals surface area contributed by atoms with Crippen LogP contribution in [-0.4, -0.2) is 65.7 Å². The molecule has 2 aromatic rings. The Morgan fingerprint density at radius 1 is 1.09 bits per heavy atom. The summed E-state index contributed by atoms with van der Waals surface area (Å²) in [6, 6.07) is 12.5. The fourth-order valence-corrected chi connectivity index (χ4v) is 4.88. The molecule has 0 saturated carbocycles. The zero-order valence-corrected chi connectivity index (χ0v) is 19.1. The first-order valence-corrected chi connectivity index (χ1v) is 11.7. The van der Waals surface area contributed by atoms with Crippen LogP contribution >= 0.6 is 0 Å². The predicted molar refractivity (Wildman–Crippen MR) is 121 cm³/mol. The number of morpholine rings is 1. The first-order chi connectivity index (χ1) is 15.4. The smallest absolute Gasteiger partial charge is 0.246 e. The average Bonchev–Trinajstić information content (AvgIpc) is 2.83. The molecule has 0 aromatic heterocycles. The van der Waals surface area contributed by atoms with Crippen molar-refractivity contribution in [3.8, 4) is 11.5 Å². The van der Waals surface area contributed by atoms with Gasteiger partial charge in [0.15, 0.2) is 0 Å². The Kier molecular flexibility index (Phi) is 8.26. The third-order valence-electron chi connectivity index (χ3n) is 5.07. The molecule has 172 valence electrons. The van der Waals surface area contributed by atoms with Gasteiger partial charge in [-0.2, -0.15) is 4.31 Å². The van der Waals surface area contributed by atoms with Crippen LogP contribution in [0.4, 0.5) is 0 Å². The summed E-state index contributed by atoms with van der Waals surface area (Å²) in [4.78, 5) is 12.2. The minimum Gasteiger partial charge on any atom is -0.497 e. The number of methoxy groups -OCH3 is 2. The van der Waals surface area contributed by atoms with Crippen LogP contribution < -0.4 is 14.8 Å². The van der Waals surface area contributed by atoms with Gasteiger partial charge in [-0.25, -0.2) is 8.42 Å². The molecule has 9 heteroatoms. The third-order valence-corrected chi connectivity index (χ3v) is 6.99. The van der Waals surface area contributed by atoms with E-state index in [0.29, 0.717) is 44.8 Å². The van der Waals surface area contributed by atoms with Crippen LogP contribution in [-0.2, 0) is 26.0 Å². The van der Waals surface area contributed by atoms with E-state index >= 15 is 0 Å². The molecular weight excluding hydrogens is 432 g/mol. The van der Waals surface area contributed by atoms with E-state index in [1.165, 1.54) is 23.6 Å². The summed E-state index contributed by atoms with van der Waals surface area (Å²) in [5, 5.41) is 2.83. The number of amides is 1. The molecule has 0 spiro atoms. The van der Waals surface area contributed by atoms with Crippen LogP contribution in [0.3, 0.4) is 0 Å². The van der Waals surface area contributed by atoms with Crippen molar-refractivity contribution in [2.45, 2.75) is 11.3 Å². The van der Waals surface area contributed by atoms with E-state index in [1.807, 2.05) is 24.3 Å². The molecule has 0 aliphatic carbocycles. The number of sulfonamides is 1. The number of hydrogen-bond acceptors (Lipinski definition) is 6. The monoisotopic (exact) mass is 460 g/mol. The highest BCUT2D eigenvalue weighted by molar-refractivity contribution is 7.89. The normalized spacial score (nSPS) is 14.9. The maximum absolute atomic E-state index is 13.1. The van der Waals surface area contributed by atoms with Gasteiger partial charge in [0.25, 0.3) is 0 Å². The molecule has 1 aliphatic rings. The Balaban J connectivity index is 1.63. The van der Waals surface area contributed by atoms with E-state index in [2.05, 4.69) is 5.32 Å². The van der Waals surface area contributed by atoms with Gasteiger partial charge < -0.3 is 19.5 Å². The second kappa shape index (κ2) is 11.1. The summed E-state index contributed by atoms with van der Waals surface area (Å²) < 4.78 is 43.1. The van der Waals surface area contributed by atoms with Crippen LogP contribution in [0.15, 0.2) is 53.4 Å². The molecule has 0 radical (unpaired) electrons. The number of carbonyl (C=O) groups is 1. The molecule has 1 saturated heterocycles. The number of nitrogens with one attached hydrogen (secondary N) is 1. The van der Waals surface area contributed by atoms with Crippen LogP contribution in [0.1, 0.15) is 11.1 Å². The van der Waals surface area contributed by atoms with Gasteiger partial charge in [-0.15, -0.1) is 0 Å². The van der Waals surface area contributed by atoms with Gasteiger partial charge in [0.2, 0.25) is 15.9 Å². The fraction of sp³-hybridized carbons (Fsp3) is 0.348. The molecule has 2 aromatic carbocycles. The molecule has 8 nitrogen and oxygen atoms in total. The number of rotatable bonds is 9. The molecular formula is C23H28N2O6S. The number of benzene rings is 2. The maximum Gasteiger partial charge on any atom is 0.246 e. The number of nitrogens with zero attached hydrogens (tertiary/aromatic N) is 1. The van der Waals surface area contributed by atoms with Crippen molar-refractivity contribution in [3.05, 3.63) is 59.7 Å². The molecule has 1 fully saturated rings. The molecule has 0 unspecified atom stereocenters. The lowest BCUT2D eigenvalue weighted by molar-refractivity contribution is -0.116. The topological polar surface area (TPSA) is 94.2 Å². The van der Waals surface area contributed by atoms with Crippen molar-refractivity contribution < 1.29 is 27.4 Å². The summed E-state index contributed by atoms with van der Waals surface area (Å²) in [6.45, 7) is 1.79. The zero-order valence-electron chi connectivity index (χ0n) is 18.2. The molecule has 3 rings (SSSR count). The van der Waals surface area contributed by atoms with Gasteiger partial charge in [-0.05, 0) is 47.9 Å². The molecule has 0 atom stereocenters. The summed E-state index contributed by atoms with van der Waals surface area (Å²) >= 11 is 0. The average molecular weight is 461 g/mol. The lowest BCUT2D eigenvalue weighted by Crippen LogP contribution is -2.40. The summed E-state index contributed by atoms with van der Waals surface area (Å²) in [7, 11) is -0.684. The van der Waals surface area contributed by atoms with Crippen LogP contribution in [0.5, 0.6) is 11.5 Å². The summed E-state index contributed by atoms with van der Waals surface area (Å²) in [5.41, 5.74) is 1.67. The van der Waals surface area contributed by atoms with Crippen LogP contribution in [0, 0.1) is 0 Å². The van der Waals surface area contributed by atoms with Crippen molar-refractivity contribution in [3.63, 3.8) is 0 Å². The van der Waals surface area contributed by atoms with Crippen LogP contribution in [0.25, 0.3) is 6.08 Å². The minimum absolute atomic E-state index is 0.0731. The van der Waals surface area contributed by atoms with E-state index in [0.717, 1.165) is 11.3 Å². The lowest BCUT2D eigenvalue weighted by Gasteiger charge is -2.26. The standard InChI is InChI=1S/C23H28N2O6S/c1-29-20-7-3-18(4-8-20)11-12-24-23(26)10-6-19-5-9-21(30-2)22(17-19)32(27,28)25-13-15-31-16-14-25/h3-10,17H,11-16H2,1-2H3,(H,24,26)/b10-6+. The van der Waals surface area contributed by atoms with Gasteiger partial charge in [-0.3, -0.25) is 4.79 Å². The fourth-order valence-electron chi connectivity index (χ4n) is 3.28. The highest BCUT2D eigenvalue weighted by atomic mass is 32.2. The Hall–Kier alpha value is -2.88. The second-order valence-corrected chi connectivity index (χ2v) is 9.06. The molecule has 1 aliphatic heterocycles. The molecule has 32 heavy (non-hydrogen) atoms. The molecule has 1 amide bonds. The molecule has 1 heterocycles. The second-order valence-electron chi connectivity index (χ2n) is 7.15. The van der Waals surface area contributed by atoms with Crippen molar-refractivity contribution in [1.29, 1.82) is 0 Å². The maximum atomic E-state index is 13.1. The van der Waals surface area contributed by atoms with E-state index in [1.54, 1.807) is 25.3 Å². The highest BCUT2D eigenvalue weighted by Gasteiger charge is 2.29. The first-order valence-electron chi connectivity index (χ1n) is 10.3.